The molecule has 0 saturated carbocycles. The number of rotatable bonds is 1. The Morgan fingerprint density at radius 2 is 1.83 bits per heavy atom. The van der Waals surface area contributed by atoms with Crippen molar-refractivity contribution in [3.05, 3.63) is 30.3 Å². The van der Waals surface area contributed by atoms with Gasteiger partial charge in [-0.1, -0.05) is 18.2 Å². The number of benzene rings is 1. The lowest BCUT2D eigenvalue weighted by atomic mass is 9.86. The molecule has 0 aromatic heterocycles. The number of anilines is 1. The normalized spacial score (nSPS) is 23.4. The molecule has 0 radical (unpaired) electrons. The van der Waals surface area contributed by atoms with E-state index in [0.717, 1.165) is 31.6 Å². The van der Waals surface area contributed by atoms with Gasteiger partial charge in [-0.3, -0.25) is 4.79 Å². The van der Waals surface area contributed by atoms with Crippen molar-refractivity contribution in [1.82, 2.24) is 10.2 Å². The Morgan fingerprint density at radius 3 is 2.50 bits per heavy atom. The Kier molecular flexibility index (Phi) is 2.74. The largest absolute Gasteiger partial charge is 0.339 e. The fraction of sp³-hybridized carbons (Fsp3) is 0.500. The van der Waals surface area contributed by atoms with Gasteiger partial charge in [-0.05, 0) is 32.0 Å². The van der Waals surface area contributed by atoms with E-state index in [0.29, 0.717) is 6.67 Å². The van der Waals surface area contributed by atoms with Crippen molar-refractivity contribution < 1.29 is 4.79 Å². The highest BCUT2D eigenvalue weighted by Gasteiger charge is 2.49. The third-order valence-corrected chi connectivity index (χ3v) is 4.22. The van der Waals surface area contributed by atoms with Gasteiger partial charge >= 0.3 is 0 Å². The third-order valence-electron chi connectivity index (χ3n) is 4.22. The zero-order valence-electron chi connectivity index (χ0n) is 10.7. The van der Waals surface area contributed by atoms with Gasteiger partial charge < -0.3 is 15.1 Å². The summed E-state index contributed by atoms with van der Waals surface area (Å²) in [5.41, 5.74) is 0.814. The van der Waals surface area contributed by atoms with Crippen LogP contribution in [0.1, 0.15) is 12.8 Å². The number of amides is 1. The standard InChI is InChI=1S/C14H19N3O/c1-16-9-7-14(8-10-16)13(18)15-11-17(14)12-5-3-2-4-6-12/h2-6H,7-11H2,1H3,(H,15,18). The van der Waals surface area contributed by atoms with Gasteiger partial charge in [-0.25, -0.2) is 0 Å². The molecule has 2 fully saturated rings. The SMILES string of the molecule is CN1CCC2(CC1)C(=O)NCN2c1ccccc1. The number of nitrogens with zero attached hydrogens (tertiary/aromatic N) is 2. The van der Waals surface area contributed by atoms with Crippen molar-refractivity contribution in [3.8, 4) is 0 Å². The lowest BCUT2D eigenvalue weighted by molar-refractivity contribution is -0.125. The molecule has 4 nitrogen and oxygen atoms in total. The molecule has 1 spiro atoms. The lowest BCUT2D eigenvalue weighted by Gasteiger charge is -2.42. The summed E-state index contributed by atoms with van der Waals surface area (Å²) in [6, 6.07) is 10.2. The van der Waals surface area contributed by atoms with E-state index in [2.05, 4.69) is 34.3 Å². The number of likely N-dealkylation sites (tertiary alicyclic amines) is 1. The molecule has 18 heavy (non-hydrogen) atoms. The molecule has 0 atom stereocenters. The first-order valence-electron chi connectivity index (χ1n) is 6.52. The first-order chi connectivity index (χ1) is 8.72. The van der Waals surface area contributed by atoms with E-state index in [9.17, 15) is 4.79 Å². The summed E-state index contributed by atoms with van der Waals surface area (Å²) in [7, 11) is 2.12. The van der Waals surface area contributed by atoms with Crippen molar-refractivity contribution in [3.63, 3.8) is 0 Å². The maximum absolute atomic E-state index is 12.3. The van der Waals surface area contributed by atoms with E-state index in [4.69, 9.17) is 0 Å². The minimum atomic E-state index is -0.326. The van der Waals surface area contributed by atoms with Crippen LogP contribution < -0.4 is 10.2 Å². The van der Waals surface area contributed by atoms with Crippen LogP contribution in [0.15, 0.2) is 30.3 Å². The van der Waals surface area contributed by atoms with Crippen molar-refractivity contribution in [1.29, 1.82) is 0 Å². The second kappa shape index (κ2) is 4.28. The monoisotopic (exact) mass is 245 g/mol. The summed E-state index contributed by atoms with van der Waals surface area (Å²) >= 11 is 0. The van der Waals surface area contributed by atoms with E-state index < -0.39 is 0 Å². The number of hydrogen-bond acceptors (Lipinski definition) is 3. The van der Waals surface area contributed by atoms with Crippen LogP contribution in [0.5, 0.6) is 0 Å². The summed E-state index contributed by atoms with van der Waals surface area (Å²) in [5, 5.41) is 3.01. The third kappa shape index (κ3) is 1.68. The highest BCUT2D eigenvalue weighted by molar-refractivity contribution is 5.93. The first-order valence-corrected chi connectivity index (χ1v) is 6.52. The second-order valence-electron chi connectivity index (χ2n) is 5.26. The molecule has 1 aromatic carbocycles. The summed E-state index contributed by atoms with van der Waals surface area (Å²) in [4.78, 5) is 16.8. The minimum absolute atomic E-state index is 0.194. The molecule has 0 bridgehead atoms. The maximum Gasteiger partial charge on any atom is 0.247 e. The molecular weight excluding hydrogens is 226 g/mol. The molecule has 3 rings (SSSR count). The van der Waals surface area contributed by atoms with Gasteiger partial charge in [0.25, 0.3) is 0 Å². The molecule has 2 saturated heterocycles. The number of para-hydroxylation sites is 1. The van der Waals surface area contributed by atoms with Gasteiger partial charge in [-0.15, -0.1) is 0 Å². The Labute approximate surface area is 108 Å². The van der Waals surface area contributed by atoms with Gasteiger partial charge in [0.1, 0.15) is 5.54 Å². The van der Waals surface area contributed by atoms with Crippen LogP contribution in [0.4, 0.5) is 5.69 Å². The topological polar surface area (TPSA) is 35.6 Å². The molecule has 2 heterocycles. The molecule has 2 aliphatic heterocycles. The molecule has 1 aromatic rings. The van der Waals surface area contributed by atoms with Crippen LogP contribution in [-0.4, -0.2) is 43.2 Å². The van der Waals surface area contributed by atoms with Crippen molar-refractivity contribution in [2.24, 2.45) is 0 Å². The molecular formula is C14H19N3O. The number of nitrogens with one attached hydrogen (secondary N) is 1. The molecule has 4 heteroatoms. The number of carbonyl (C=O) groups is 1. The van der Waals surface area contributed by atoms with E-state index in [-0.39, 0.29) is 11.4 Å². The highest BCUT2D eigenvalue weighted by atomic mass is 16.2. The number of carbonyl (C=O) groups excluding carboxylic acids is 1. The second-order valence-corrected chi connectivity index (χ2v) is 5.26. The Hall–Kier alpha value is -1.55. The fourth-order valence-electron chi connectivity index (χ4n) is 3.02. The van der Waals surface area contributed by atoms with Gasteiger partial charge in [0.2, 0.25) is 5.91 Å². The Bertz CT molecular complexity index is 438. The molecule has 1 N–H and O–H groups in total. The fourth-order valence-corrected chi connectivity index (χ4v) is 3.02. The van der Waals surface area contributed by atoms with Crippen LogP contribution in [0, 0.1) is 0 Å². The van der Waals surface area contributed by atoms with Gasteiger partial charge in [0.05, 0.1) is 6.67 Å². The summed E-state index contributed by atoms with van der Waals surface area (Å²) in [6.45, 7) is 2.60. The van der Waals surface area contributed by atoms with Crippen LogP contribution in [0.2, 0.25) is 0 Å². The number of piperidine rings is 1. The van der Waals surface area contributed by atoms with E-state index >= 15 is 0 Å². The average molecular weight is 245 g/mol. The average Bonchev–Trinajstić information content (AvgIpc) is 2.72. The summed E-state index contributed by atoms with van der Waals surface area (Å²) in [5.74, 6) is 0.194. The molecule has 2 aliphatic rings. The lowest BCUT2D eigenvalue weighted by Crippen LogP contribution is -2.55. The van der Waals surface area contributed by atoms with Gasteiger partial charge in [0, 0.05) is 18.8 Å². The molecule has 96 valence electrons. The number of hydrogen-bond donors (Lipinski definition) is 1. The van der Waals surface area contributed by atoms with E-state index in [1.54, 1.807) is 0 Å². The van der Waals surface area contributed by atoms with Crippen molar-refractivity contribution >= 4 is 11.6 Å². The van der Waals surface area contributed by atoms with E-state index in [1.807, 2.05) is 18.2 Å². The highest BCUT2D eigenvalue weighted by Crippen LogP contribution is 2.35. The predicted molar refractivity (Wildman–Crippen MR) is 71.4 cm³/mol. The minimum Gasteiger partial charge on any atom is -0.339 e. The van der Waals surface area contributed by atoms with Crippen LogP contribution in [0.3, 0.4) is 0 Å². The van der Waals surface area contributed by atoms with Gasteiger partial charge in [0.15, 0.2) is 0 Å². The molecule has 1 amide bonds. The van der Waals surface area contributed by atoms with Crippen molar-refractivity contribution in [2.75, 3.05) is 31.7 Å². The molecule has 0 aliphatic carbocycles. The van der Waals surface area contributed by atoms with E-state index in [1.165, 1.54) is 0 Å². The quantitative estimate of drug-likeness (QED) is 0.803. The van der Waals surface area contributed by atoms with Crippen molar-refractivity contribution in [2.45, 2.75) is 18.4 Å². The van der Waals surface area contributed by atoms with Crippen LogP contribution in [-0.2, 0) is 4.79 Å². The van der Waals surface area contributed by atoms with Crippen LogP contribution >= 0.6 is 0 Å². The summed E-state index contributed by atoms with van der Waals surface area (Å²) < 4.78 is 0. The smallest absolute Gasteiger partial charge is 0.247 e. The van der Waals surface area contributed by atoms with Gasteiger partial charge in [-0.2, -0.15) is 0 Å². The van der Waals surface area contributed by atoms with Crippen LogP contribution in [0.25, 0.3) is 0 Å². The summed E-state index contributed by atoms with van der Waals surface area (Å²) in [6.07, 6.45) is 1.81. The zero-order valence-corrected chi connectivity index (χ0v) is 10.7. The predicted octanol–water partition coefficient (Wildman–Crippen LogP) is 1.04. The Morgan fingerprint density at radius 1 is 1.17 bits per heavy atom. The zero-order chi connectivity index (χ0) is 12.6. The maximum atomic E-state index is 12.3. The Balaban J connectivity index is 1.93. The molecule has 0 unspecified atom stereocenters. The first kappa shape index (κ1) is 11.5.